The highest BCUT2D eigenvalue weighted by Crippen LogP contribution is 2.26. The standard InChI is InChI=1S/C21H23FN4O3/c1-15-20(28)25(21(29)26(15)18-4-2-16(22)3-5-18)14-23-10-12-24(13-11-23)17-6-8-19(27)9-7-17/h2-9,15,27H,10-14H2,1H3. The van der Waals surface area contributed by atoms with Crippen molar-refractivity contribution < 1.29 is 19.1 Å². The summed E-state index contributed by atoms with van der Waals surface area (Å²) in [5, 5.41) is 9.43. The van der Waals surface area contributed by atoms with Crippen LogP contribution in [0.15, 0.2) is 48.5 Å². The van der Waals surface area contributed by atoms with Gasteiger partial charge in [0.2, 0.25) is 0 Å². The summed E-state index contributed by atoms with van der Waals surface area (Å²) in [4.78, 5) is 32.5. The summed E-state index contributed by atoms with van der Waals surface area (Å²) in [7, 11) is 0. The average Bonchev–Trinajstić information content (AvgIpc) is 2.93. The van der Waals surface area contributed by atoms with Gasteiger partial charge in [0.15, 0.2) is 0 Å². The van der Waals surface area contributed by atoms with Gasteiger partial charge in [0, 0.05) is 37.6 Å². The fourth-order valence-electron chi connectivity index (χ4n) is 3.80. The number of rotatable bonds is 4. The SMILES string of the molecule is CC1C(=O)N(CN2CCN(c3ccc(O)cc3)CC2)C(=O)N1c1ccc(F)cc1. The van der Waals surface area contributed by atoms with Crippen LogP contribution in [0.25, 0.3) is 0 Å². The lowest BCUT2D eigenvalue weighted by Crippen LogP contribution is -2.51. The van der Waals surface area contributed by atoms with Gasteiger partial charge in [0.05, 0.1) is 6.67 Å². The van der Waals surface area contributed by atoms with Gasteiger partial charge in [-0.3, -0.25) is 14.6 Å². The van der Waals surface area contributed by atoms with Crippen LogP contribution in [0.5, 0.6) is 5.75 Å². The van der Waals surface area contributed by atoms with Crippen LogP contribution in [0.3, 0.4) is 0 Å². The minimum absolute atomic E-state index is 0.235. The lowest BCUT2D eigenvalue weighted by atomic mass is 10.2. The summed E-state index contributed by atoms with van der Waals surface area (Å²) in [5.74, 6) is -0.402. The van der Waals surface area contributed by atoms with Gasteiger partial charge >= 0.3 is 6.03 Å². The Morgan fingerprint density at radius 1 is 0.931 bits per heavy atom. The van der Waals surface area contributed by atoms with E-state index in [1.165, 1.54) is 34.1 Å². The fourth-order valence-corrected chi connectivity index (χ4v) is 3.80. The van der Waals surface area contributed by atoms with Gasteiger partial charge in [-0.2, -0.15) is 0 Å². The number of nitrogens with zero attached hydrogens (tertiary/aromatic N) is 4. The molecule has 2 aromatic rings. The van der Waals surface area contributed by atoms with E-state index in [1.54, 1.807) is 19.1 Å². The number of phenols is 1. The normalized spacial score (nSPS) is 20.6. The minimum atomic E-state index is -0.619. The van der Waals surface area contributed by atoms with Crippen LogP contribution in [-0.4, -0.2) is 65.7 Å². The molecule has 8 heteroatoms. The quantitative estimate of drug-likeness (QED) is 0.802. The molecule has 1 unspecified atom stereocenters. The molecule has 152 valence electrons. The third-order valence-corrected chi connectivity index (χ3v) is 5.48. The molecular formula is C21H23FN4O3. The lowest BCUT2D eigenvalue weighted by Gasteiger charge is -2.37. The average molecular weight is 398 g/mol. The molecule has 2 saturated heterocycles. The number of carbonyl (C=O) groups excluding carboxylic acids is 2. The Morgan fingerprint density at radius 3 is 2.14 bits per heavy atom. The number of imide groups is 1. The van der Waals surface area contributed by atoms with Crippen molar-refractivity contribution in [3.63, 3.8) is 0 Å². The molecule has 0 bridgehead atoms. The number of carbonyl (C=O) groups is 2. The van der Waals surface area contributed by atoms with Gasteiger partial charge < -0.3 is 10.0 Å². The number of piperazine rings is 1. The molecule has 29 heavy (non-hydrogen) atoms. The Kier molecular flexibility index (Phi) is 5.10. The molecule has 7 nitrogen and oxygen atoms in total. The summed E-state index contributed by atoms with van der Waals surface area (Å²) < 4.78 is 13.2. The number of phenolic OH excluding ortho intramolecular Hbond substituents is 1. The summed E-state index contributed by atoms with van der Waals surface area (Å²) in [6.07, 6.45) is 0. The largest absolute Gasteiger partial charge is 0.508 e. The first-order chi connectivity index (χ1) is 13.9. The third-order valence-electron chi connectivity index (χ3n) is 5.48. The van der Waals surface area contributed by atoms with E-state index in [-0.39, 0.29) is 30.2 Å². The molecule has 0 spiro atoms. The van der Waals surface area contributed by atoms with Gasteiger partial charge in [-0.1, -0.05) is 0 Å². The first-order valence-electron chi connectivity index (χ1n) is 9.60. The van der Waals surface area contributed by atoms with Crippen molar-refractivity contribution in [3.8, 4) is 5.75 Å². The van der Waals surface area contributed by atoms with Crippen molar-refractivity contribution in [2.75, 3.05) is 42.6 Å². The highest BCUT2D eigenvalue weighted by Gasteiger charge is 2.44. The van der Waals surface area contributed by atoms with Gasteiger partial charge in [-0.15, -0.1) is 0 Å². The number of hydrogen-bond donors (Lipinski definition) is 1. The highest BCUT2D eigenvalue weighted by molar-refractivity contribution is 6.14. The van der Waals surface area contributed by atoms with Crippen LogP contribution >= 0.6 is 0 Å². The Bertz CT molecular complexity index is 895. The first-order valence-corrected chi connectivity index (χ1v) is 9.60. The summed E-state index contributed by atoms with van der Waals surface area (Å²) in [6.45, 7) is 4.87. The van der Waals surface area contributed by atoms with E-state index >= 15 is 0 Å². The number of aromatic hydroxyl groups is 1. The lowest BCUT2D eigenvalue weighted by molar-refractivity contribution is -0.128. The van der Waals surface area contributed by atoms with Crippen molar-refractivity contribution in [2.24, 2.45) is 0 Å². The Balaban J connectivity index is 1.39. The zero-order chi connectivity index (χ0) is 20.5. The number of amides is 3. The van der Waals surface area contributed by atoms with Gasteiger partial charge in [0.25, 0.3) is 5.91 Å². The van der Waals surface area contributed by atoms with E-state index in [0.29, 0.717) is 18.8 Å². The van der Waals surface area contributed by atoms with Crippen molar-refractivity contribution in [2.45, 2.75) is 13.0 Å². The number of hydrogen-bond acceptors (Lipinski definition) is 5. The molecule has 0 aliphatic carbocycles. The summed E-state index contributed by atoms with van der Waals surface area (Å²) in [6, 6.07) is 11.7. The second-order valence-electron chi connectivity index (χ2n) is 7.33. The molecular weight excluding hydrogens is 375 g/mol. The molecule has 2 heterocycles. The van der Waals surface area contributed by atoms with Gasteiger partial charge in [0.1, 0.15) is 17.6 Å². The zero-order valence-electron chi connectivity index (χ0n) is 16.2. The van der Waals surface area contributed by atoms with E-state index < -0.39 is 6.04 Å². The number of urea groups is 1. The van der Waals surface area contributed by atoms with Crippen LogP contribution in [0.4, 0.5) is 20.6 Å². The molecule has 0 aromatic heterocycles. The second kappa shape index (κ2) is 7.71. The molecule has 0 radical (unpaired) electrons. The monoisotopic (exact) mass is 398 g/mol. The number of benzene rings is 2. The van der Waals surface area contributed by atoms with Crippen molar-refractivity contribution in [1.29, 1.82) is 0 Å². The smallest absolute Gasteiger partial charge is 0.333 e. The Hall–Kier alpha value is -3.13. The third kappa shape index (κ3) is 3.75. The molecule has 2 aliphatic rings. The van der Waals surface area contributed by atoms with Crippen LogP contribution in [0.2, 0.25) is 0 Å². The molecule has 1 N–H and O–H groups in total. The minimum Gasteiger partial charge on any atom is -0.508 e. The van der Waals surface area contributed by atoms with Crippen LogP contribution in [0.1, 0.15) is 6.92 Å². The van der Waals surface area contributed by atoms with Crippen LogP contribution < -0.4 is 9.80 Å². The molecule has 0 saturated carbocycles. The second-order valence-corrected chi connectivity index (χ2v) is 7.33. The van der Waals surface area contributed by atoms with Crippen molar-refractivity contribution in [3.05, 3.63) is 54.3 Å². The molecule has 4 rings (SSSR count). The number of halogens is 1. The number of anilines is 2. The molecule has 3 amide bonds. The predicted octanol–water partition coefficient (Wildman–Crippen LogP) is 2.47. The molecule has 2 fully saturated rings. The predicted molar refractivity (Wildman–Crippen MR) is 107 cm³/mol. The first kappa shape index (κ1) is 19.2. The van der Waals surface area contributed by atoms with Crippen molar-refractivity contribution in [1.82, 2.24) is 9.80 Å². The van der Waals surface area contributed by atoms with E-state index in [9.17, 15) is 19.1 Å². The van der Waals surface area contributed by atoms with E-state index in [4.69, 9.17) is 0 Å². The summed E-state index contributed by atoms with van der Waals surface area (Å²) in [5.41, 5.74) is 1.55. The van der Waals surface area contributed by atoms with Gasteiger partial charge in [-0.25, -0.2) is 14.1 Å². The zero-order valence-corrected chi connectivity index (χ0v) is 16.2. The summed E-state index contributed by atoms with van der Waals surface area (Å²) >= 11 is 0. The maximum atomic E-state index is 13.2. The maximum absolute atomic E-state index is 13.2. The Morgan fingerprint density at radius 2 is 1.52 bits per heavy atom. The molecule has 2 aromatic carbocycles. The van der Waals surface area contributed by atoms with E-state index in [2.05, 4.69) is 9.80 Å². The molecule has 2 aliphatic heterocycles. The van der Waals surface area contributed by atoms with E-state index in [1.807, 2.05) is 12.1 Å². The fraction of sp³-hybridized carbons (Fsp3) is 0.333. The molecule has 1 atom stereocenters. The Labute approximate surface area is 168 Å². The van der Waals surface area contributed by atoms with Crippen molar-refractivity contribution >= 4 is 23.3 Å². The van der Waals surface area contributed by atoms with Crippen LogP contribution in [0, 0.1) is 5.82 Å². The van der Waals surface area contributed by atoms with Crippen LogP contribution in [-0.2, 0) is 4.79 Å². The highest BCUT2D eigenvalue weighted by atomic mass is 19.1. The topological polar surface area (TPSA) is 67.3 Å². The van der Waals surface area contributed by atoms with E-state index in [0.717, 1.165) is 18.8 Å². The maximum Gasteiger partial charge on any atom is 0.333 e. The van der Waals surface area contributed by atoms with Gasteiger partial charge in [-0.05, 0) is 55.5 Å².